The Hall–Kier alpha value is -3.50. The number of benzene rings is 3. The van der Waals surface area contributed by atoms with Crippen LogP contribution >= 0.6 is 23.2 Å². The average molecular weight is 613 g/mol. The molecule has 5 rings (SSSR count). The van der Waals surface area contributed by atoms with E-state index in [0.29, 0.717) is 39.7 Å². The van der Waals surface area contributed by atoms with E-state index in [-0.39, 0.29) is 17.9 Å². The van der Waals surface area contributed by atoms with E-state index in [1.165, 1.54) is 23.5 Å². The maximum Gasteiger partial charge on any atom is 0.328 e. The Kier molecular flexibility index (Phi) is 8.60. The lowest BCUT2D eigenvalue weighted by Gasteiger charge is -2.25. The van der Waals surface area contributed by atoms with Crippen LogP contribution in [0, 0.1) is 0 Å². The van der Waals surface area contributed by atoms with Crippen molar-refractivity contribution in [2.24, 2.45) is 0 Å². The summed E-state index contributed by atoms with van der Waals surface area (Å²) in [6.45, 7) is 0.220. The Labute approximate surface area is 248 Å². The molecule has 2 heterocycles. The number of rotatable bonds is 8. The maximum atomic E-state index is 13.3. The first kappa shape index (κ1) is 29.0. The van der Waals surface area contributed by atoms with Gasteiger partial charge in [0.25, 0.3) is 0 Å². The molecule has 11 heteroatoms. The van der Waals surface area contributed by atoms with Gasteiger partial charge in [-0.15, -0.1) is 0 Å². The second kappa shape index (κ2) is 12.2. The number of ether oxygens (including phenoxy) is 1. The minimum absolute atomic E-state index is 0.119. The number of amides is 1. The fourth-order valence-corrected chi connectivity index (χ4v) is 7.31. The summed E-state index contributed by atoms with van der Waals surface area (Å²) in [5, 5.41) is 4.55. The van der Waals surface area contributed by atoms with Gasteiger partial charge in [0.15, 0.2) is 0 Å². The number of carbonyl (C=O) groups excluding carboxylic acids is 2. The van der Waals surface area contributed by atoms with Crippen LogP contribution in [0.25, 0.3) is 22.2 Å². The molecule has 0 bridgehead atoms. The highest BCUT2D eigenvalue weighted by molar-refractivity contribution is 7.89. The van der Waals surface area contributed by atoms with Crippen molar-refractivity contribution in [2.45, 2.75) is 36.2 Å². The van der Waals surface area contributed by atoms with E-state index in [1.807, 2.05) is 30.3 Å². The van der Waals surface area contributed by atoms with Gasteiger partial charge in [0.2, 0.25) is 15.9 Å². The minimum atomic E-state index is -3.87. The molecule has 2 atom stereocenters. The molecule has 1 unspecified atom stereocenters. The van der Waals surface area contributed by atoms with E-state index in [4.69, 9.17) is 32.9 Å². The summed E-state index contributed by atoms with van der Waals surface area (Å²) in [5.41, 5.74) is 2.74. The predicted octanol–water partition coefficient (Wildman–Crippen LogP) is 5.26. The second-order valence-electron chi connectivity index (χ2n) is 9.70. The van der Waals surface area contributed by atoms with E-state index in [9.17, 15) is 18.0 Å². The summed E-state index contributed by atoms with van der Waals surface area (Å²) in [6, 6.07) is 20.6. The Bertz CT molecular complexity index is 1700. The molecule has 1 N–H and O–H groups in total. The lowest BCUT2D eigenvalue weighted by Crippen LogP contribution is -2.51. The van der Waals surface area contributed by atoms with Crippen molar-refractivity contribution in [2.75, 3.05) is 13.7 Å². The smallest absolute Gasteiger partial charge is 0.328 e. The number of halogens is 2. The van der Waals surface area contributed by atoms with Crippen molar-refractivity contribution in [1.82, 2.24) is 14.6 Å². The Morgan fingerprint density at radius 2 is 1.76 bits per heavy atom. The number of carbonyl (C=O) groups is 2. The molecule has 1 saturated heterocycles. The molecule has 4 aromatic rings. The summed E-state index contributed by atoms with van der Waals surface area (Å²) in [6.07, 6.45) is 1.03. The van der Waals surface area contributed by atoms with Gasteiger partial charge in [0, 0.05) is 23.9 Å². The van der Waals surface area contributed by atoms with Crippen LogP contribution in [-0.4, -0.2) is 55.3 Å². The fourth-order valence-electron chi connectivity index (χ4n) is 5.04. The number of aromatic nitrogens is 1. The quantitative estimate of drug-likeness (QED) is 0.272. The summed E-state index contributed by atoms with van der Waals surface area (Å²) < 4.78 is 32.6. The van der Waals surface area contributed by atoms with Gasteiger partial charge < -0.3 is 10.1 Å². The topological polar surface area (TPSA) is 106 Å². The molecule has 1 aliphatic heterocycles. The monoisotopic (exact) mass is 611 g/mol. The molecular weight excluding hydrogens is 585 g/mol. The SMILES string of the molecule is COC(=O)C(Cc1ccc2nc(-c3c(Cl)cccc3Cl)ccc2c1)NC(=O)[C@@H]1CCCN1S(=O)(=O)c1ccccc1. The van der Waals surface area contributed by atoms with Crippen LogP contribution in [0.5, 0.6) is 0 Å². The molecule has 1 aromatic heterocycles. The van der Waals surface area contributed by atoms with Crippen molar-refractivity contribution in [1.29, 1.82) is 0 Å². The zero-order valence-electron chi connectivity index (χ0n) is 22.1. The highest BCUT2D eigenvalue weighted by Crippen LogP contribution is 2.34. The van der Waals surface area contributed by atoms with E-state index < -0.39 is 34.0 Å². The number of nitrogens with one attached hydrogen (secondary N) is 1. The molecule has 1 aliphatic rings. The maximum absolute atomic E-state index is 13.3. The van der Waals surface area contributed by atoms with Crippen LogP contribution in [0.3, 0.4) is 0 Å². The third-order valence-electron chi connectivity index (χ3n) is 7.07. The van der Waals surface area contributed by atoms with Gasteiger partial charge in [0.1, 0.15) is 12.1 Å². The van der Waals surface area contributed by atoms with Gasteiger partial charge in [-0.25, -0.2) is 18.2 Å². The lowest BCUT2D eigenvalue weighted by molar-refractivity contribution is -0.145. The molecular formula is C30H27Cl2N3O5S. The van der Waals surface area contributed by atoms with Gasteiger partial charge in [-0.1, -0.05) is 59.6 Å². The van der Waals surface area contributed by atoms with Gasteiger partial charge in [0.05, 0.1) is 33.3 Å². The number of fused-ring (bicyclic) bond motifs is 1. The first-order valence-corrected chi connectivity index (χ1v) is 15.2. The predicted molar refractivity (Wildman–Crippen MR) is 158 cm³/mol. The fraction of sp³-hybridized carbons (Fsp3) is 0.233. The number of nitrogens with zero attached hydrogens (tertiary/aromatic N) is 2. The van der Waals surface area contributed by atoms with Gasteiger partial charge in [-0.2, -0.15) is 4.31 Å². The number of pyridine rings is 1. The molecule has 1 amide bonds. The van der Waals surface area contributed by atoms with E-state index in [0.717, 1.165) is 10.9 Å². The molecule has 8 nitrogen and oxygen atoms in total. The Morgan fingerprint density at radius 3 is 2.46 bits per heavy atom. The largest absolute Gasteiger partial charge is 0.467 e. The van der Waals surface area contributed by atoms with Gasteiger partial charge >= 0.3 is 5.97 Å². The third kappa shape index (κ3) is 6.08. The summed E-state index contributed by atoms with van der Waals surface area (Å²) >= 11 is 12.7. The Morgan fingerprint density at radius 1 is 1.02 bits per heavy atom. The van der Waals surface area contributed by atoms with Gasteiger partial charge in [-0.05, 0) is 60.9 Å². The van der Waals surface area contributed by atoms with Crippen LogP contribution in [0.2, 0.25) is 10.0 Å². The average Bonchev–Trinajstić information content (AvgIpc) is 3.48. The van der Waals surface area contributed by atoms with Crippen LogP contribution < -0.4 is 5.32 Å². The zero-order chi connectivity index (χ0) is 29.1. The minimum Gasteiger partial charge on any atom is -0.467 e. The molecule has 41 heavy (non-hydrogen) atoms. The molecule has 0 radical (unpaired) electrons. The molecule has 3 aromatic carbocycles. The molecule has 0 aliphatic carbocycles. The molecule has 0 saturated carbocycles. The highest BCUT2D eigenvalue weighted by atomic mass is 35.5. The first-order chi connectivity index (χ1) is 19.7. The number of esters is 1. The first-order valence-electron chi connectivity index (χ1n) is 13.0. The number of sulfonamides is 1. The van der Waals surface area contributed by atoms with Gasteiger partial charge in [-0.3, -0.25) is 4.79 Å². The van der Waals surface area contributed by atoms with Crippen molar-refractivity contribution in [3.05, 3.63) is 94.5 Å². The van der Waals surface area contributed by atoms with Crippen LogP contribution in [0.15, 0.2) is 83.8 Å². The molecule has 1 fully saturated rings. The molecule has 212 valence electrons. The Balaban J connectivity index is 1.35. The summed E-state index contributed by atoms with van der Waals surface area (Å²) in [5.74, 6) is -1.17. The summed E-state index contributed by atoms with van der Waals surface area (Å²) in [4.78, 5) is 30.8. The second-order valence-corrected chi connectivity index (χ2v) is 12.4. The van der Waals surface area contributed by atoms with Crippen LogP contribution in [0.1, 0.15) is 18.4 Å². The number of hydrogen-bond donors (Lipinski definition) is 1. The van der Waals surface area contributed by atoms with E-state index >= 15 is 0 Å². The standard InChI is InChI=1S/C30H27Cl2N3O5S/c1-40-30(37)26(34-29(36)27-11-6-16-35(27)41(38,39)21-7-3-2-4-8-21)18-19-12-14-24-20(17-19)13-15-25(33-24)28-22(31)9-5-10-23(28)32/h2-5,7-10,12-15,17,26-27H,6,11,16,18H2,1H3,(H,34,36)/t26?,27-/m0/s1. The van der Waals surface area contributed by atoms with Crippen LogP contribution in [0.4, 0.5) is 0 Å². The highest BCUT2D eigenvalue weighted by Gasteiger charge is 2.40. The third-order valence-corrected chi connectivity index (χ3v) is 9.62. The van der Waals surface area contributed by atoms with E-state index in [1.54, 1.807) is 36.4 Å². The van der Waals surface area contributed by atoms with Crippen molar-refractivity contribution in [3.8, 4) is 11.3 Å². The summed E-state index contributed by atoms with van der Waals surface area (Å²) in [7, 11) is -2.63. The van der Waals surface area contributed by atoms with Crippen molar-refractivity contribution >= 4 is 56.0 Å². The van der Waals surface area contributed by atoms with Crippen molar-refractivity contribution < 1.29 is 22.7 Å². The zero-order valence-corrected chi connectivity index (χ0v) is 24.4. The van der Waals surface area contributed by atoms with E-state index in [2.05, 4.69) is 5.32 Å². The van der Waals surface area contributed by atoms with Crippen LogP contribution in [-0.2, 0) is 30.8 Å². The molecule has 0 spiro atoms. The lowest BCUT2D eigenvalue weighted by atomic mass is 10.0. The van der Waals surface area contributed by atoms with Crippen molar-refractivity contribution in [3.63, 3.8) is 0 Å². The number of methoxy groups -OCH3 is 1. The number of hydrogen-bond acceptors (Lipinski definition) is 6. The normalized spacial score (nSPS) is 16.4.